The smallest absolute Gasteiger partial charge is 0.416 e. The number of aryl methyl sites for hydroxylation is 1. The molecule has 0 spiro atoms. The van der Waals surface area contributed by atoms with E-state index in [0.717, 1.165) is 42.5 Å². The van der Waals surface area contributed by atoms with Crippen LogP contribution in [0.2, 0.25) is 0 Å². The molecule has 1 aromatic carbocycles. The number of nitrogens with one attached hydrogen (secondary N) is 2. The summed E-state index contributed by atoms with van der Waals surface area (Å²) in [6.45, 7) is 3.74. The van der Waals surface area contributed by atoms with Crippen LogP contribution in [-0.2, 0) is 31.6 Å². The van der Waals surface area contributed by atoms with Crippen LogP contribution in [0, 0.1) is 0 Å². The van der Waals surface area contributed by atoms with Crippen molar-refractivity contribution in [2.24, 2.45) is 0 Å². The minimum Gasteiger partial charge on any atom is -0.465 e. The number of hydrogen-bond acceptors (Lipinski definition) is 8. The van der Waals surface area contributed by atoms with E-state index in [4.69, 9.17) is 9.47 Å². The molecule has 2 amide bonds. The number of alkyl halides is 3. The van der Waals surface area contributed by atoms with E-state index in [-0.39, 0.29) is 29.1 Å². The zero-order valence-electron chi connectivity index (χ0n) is 23.1. The van der Waals surface area contributed by atoms with Crippen molar-refractivity contribution in [2.45, 2.75) is 57.0 Å². The molecule has 2 heterocycles. The summed E-state index contributed by atoms with van der Waals surface area (Å²) in [6.07, 6.45) is -3.20. The lowest BCUT2D eigenvalue weighted by molar-refractivity contribution is -0.148. The summed E-state index contributed by atoms with van der Waals surface area (Å²) in [4.78, 5) is 40.4. The molecular formula is C28H34F3N3O6S. The molecule has 0 bridgehead atoms. The first kappa shape index (κ1) is 30.8. The zero-order chi connectivity index (χ0) is 29.7. The van der Waals surface area contributed by atoms with E-state index in [1.165, 1.54) is 24.5 Å². The van der Waals surface area contributed by atoms with Gasteiger partial charge in [-0.15, -0.1) is 11.3 Å². The van der Waals surface area contributed by atoms with Crippen molar-refractivity contribution in [3.8, 4) is 10.4 Å². The summed E-state index contributed by atoms with van der Waals surface area (Å²) in [6, 6.07) is 4.82. The quantitative estimate of drug-likeness (QED) is 0.306. The minimum absolute atomic E-state index is 0.0702. The first-order valence-corrected chi connectivity index (χ1v) is 14.2. The van der Waals surface area contributed by atoms with E-state index in [0.29, 0.717) is 44.0 Å². The number of carbonyl (C=O) groups excluding carboxylic acids is 3. The van der Waals surface area contributed by atoms with Gasteiger partial charge in [-0.25, -0.2) is 9.59 Å². The number of amides is 2. The molecule has 41 heavy (non-hydrogen) atoms. The van der Waals surface area contributed by atoms with Gasteiger partial charge < -0.3 is 29.7 Å². The Morgan fingerprint density at radius 2 is 1.93 bits per heavy atom. The fourth-order valence-electron chi connectivity index (χ4n) is 4.85. The lowest BCUT2D eigenvalue weighted by atomic mass is 10.00. The van der Waals surface area contributed by atoms with Crippen molar-refractivity contribution in [1.82, 2.24) is 15.5 Å². The Balaban J connectivity index is 1.71. The molecule has 0 radical (unpaired) electrons. The molecule has 2 aliphatic rings. The SMILES string of the molecule is COC(=O)NCCCc1cc([C@@H](C)N(C(=O)[C@H]2CNCCO2)C2CC2)sc1-c1cc(C(=O)OC)cc(C(F)(F)F)c1. The summed E-state index contributed by atoms with van der Waals surface area (Å²) < 4.78 is 56.5. The van der Waals surface area contributed by atoms with Crippen LogP contribution in [0.4, 0.5) is 18.0 Å². The van der Waals surface area contributed by atoms with Crippen molar-refractivity contribution in [3.63, 3.8) is 0 Å². The number of carbonyl (C=O) groups is 3. The highest BCUT2D eigenvalue weighted by atomic mass is 32.1. The van der Waals surface area contributed by atoms with E-state index in [1.807, 2.05) is 17.9 Å². The van der Waals surface area contributed by atoms with E-state index >= 15 is 0 Å². The Bertz CT molecular complexity index is 1260. The predicted octanol–water partition coefficient (Wildman–Crippen LogP) is 4.55. The van der Waals surface area contributed by atoms with Crippen molar-refractivity contribution < 1.29 is 41.8 Å². The van der Waals surface area contributed by atoms with Gasteiger partial charge in [-0.3, -0.25) is 4.79 Å². The summed E-state index contributed by atoms with van der Waals surface area (Å²) in [5.74, 6) is -0.990. The second-order valence-electron chi connectivity index (χ2n) is 10.0. The number of hydrogen-bond donors (Lipinski definition) is 2. The molecule has 1 aliphatic heterocycles. The van der Waals surface area contributed by atoms with Crippen molar-refractivity contribution in [3.05, 3.63) is 45.8 Å². The van der Waals surface area contributed by atoms with Gasteiger partial charge in [-0.05, 0) is 68.0 Å². The number of nitrogens with zero attached hydrogens (tertiary/aromatic N) is 1. The molecular weight excluding hydrogens is 563 g/mol. The predicted molar refractivity (Wildman–Crippen MR) is 146 cm³/mol. The van der Waals surface area contributed by atoms with Crippen LogP contribution in [0.1, 0.15) is 58.6 Å². The number of halogens is 3. The molecule has 9 nitrogen and oxygen atoms in total. The number of morpholine rings is 1. The Morgan fingerprint density at radius 3 is 2.54 bits per heavy atom. The highest BCUT2D eigenvalue weighted by Gasteiger charge is 2.40. The maximum Gasteiger partial charge on any atom is 0.416 e. The molecule has 1 saturated heterocycles. The van der Waals surface area contributed by atoms with E-state index in [1.54, 1.807) is 0 Å². The van der Waals surface area contributed by atoms with Gasteiger partial charge in [-0.1, -0.05) is 0 Å². The third-order valence-electron chi connectivity index (χ3n) is 7.08. The molecule has 0 unspecified atom stereocenters. The molecule has 2 N–H and O–H groups in total. The van der Waals surface area contributed by atoms with Crippen molar-refractivity contribution >= 4 is 29.3 Å². The van der Waals surface area contributed by atoms with Gasteiger partial charge in [0, 0.05) is 35.4 Å². The summed E-state index contributed by atoms with van der Waals surface area (Å²) in [7, 11) is 2.37. The number of esters is 1. The fraction of sp³-hybridized carbons (Fsp3) is 0.536. The number of methoxy groups -OCH3 is 2. The third-order valence-corrected chi connectivity index (χ3v) is 8.47. The standard InChI is InChI=1S/C28H34F3N3O6S/c1-16(34(21-6-7-21)25(35)22-15-32-9-10-40-22)23-14-17(5-4-8-33-27(37)39-3)24(41-23)18-11-19(26(36)38-2)13-20(12-18)28(29,30)31/h11-14,16,21-22,32H,4-10,15H2,1-3H3,(H,33,37)/t16-,22-/m1/s1. The highest BCUT2D eigenvalue weighted by Crippen LogP contribution is 2.43. The Morgan fingerprint density at radius 1 is 1.17 bits per heavy atom. The Hall–Kier alpha value is -3.16. The average Bonchev–Trinajstić information content (AvgIpc) is 3.71. The molecule has 4 rings (SSSR count). The molecule has 1 saturated carbocycles. The van der Waals surface area contributed by atoms with Crippen LogP contribution in [0.3, 0.4) is 0 Å². The van der Waals surface area contributed by atoms with Gasteiger partial charge in [0.25, 0.3) is 5.91 Å². The largest absolute Gasteiger partial charge is 0.465 e. The number of ether oxygens (including phenoxy) is 3. The lowest BCUT2D eigenvalue weighted by Crippen LogP contribution is -2.50. The number of alkyl carbamates (subject to hydrolysis) is 1. The van der Waals surface area contributed by atoms with Gasteiger partial charge in [-0.2, -0.15) is 13.2 Å². The van der Waals surface area contributed by atoms with Gasteiger partial charge in [0.1, 0.15) is 6.10 Å². The molecule has 224 valence electrons. The maximum absolute atomic E-state index is 13.8. The van der Waals surface area contributed by atoms with Crippen LogP contribution in [0.25, 0.3) is 10.4 Å². The number of thiophene rings is 1. The van der Waals surface area contributed by atoms with Crippen LogP contribution >= 0.6 is 11.3 Å². The maximum atomic E-state index is 13.8. The fourth-order valence-corrected chi connectivity index (χ4v) is 6.10. The molecule has 2 atom stereocenters. The van der Waals surface area contributed by atoms with Crippen LogP contribution in [0.5, 0.6) is 0 Å². The first-order chi connectivity index (χ1) is 19.5. The topological polar surface area (TPSA) is 106 Å². The van der Waals surface area contributed by atoms with Crippen LogP contribution in [-0.4, -0.2) is 75.5 Å². The summed E-state index contributed by atoms with van der Waals surface area (Å²) in [5, 5.41) is 5.79. The van der Waals surface area contributed by atoms with E-state index in [9.17, 15) is 27.6 Å². The van der Waals surface area contributed by atoms with Gasteiger partial charge in [0.15, 0.2) is 0 Å². The van der Waals surface area contributed by atoms with E-state index in [2.05, 4.69) is 15.4 Å². The van der Waals surface area contributed by atoms with Crippen LogP contribution in [0.15, 0.2) is 24.3 Å². The summed E-state index contributed by atoms with van der Waals surface area (Å²) in [5.41, 5.74) is -0.204. The van der Waals surface area contributed by atoms with Gasteiger partial charge >= 0.3 is 18.2 Å². The number of rotatable bonds is 10. The second kappa shape index (κ2) is 13.2. The zero-order valence-corrected chi connectivity index (χ0v) is 24.0. The molecule has 2 aromatic rings. The summed E-state index contributed by atoms with van der Waals surface area (Å²) >= 11 is 1.29. The van der Waals surface area contributed by atoms with Crippen molar-refractivity contribution in [1.29, 1.82) is 0 Å². The lowest BCUT2D eigenvalue weighted by Gasteiger charge is -2.33. The highest BCUT2D eigenvalue weighted by molar-refractivity contribution is 7.15. The second-order valence-corrected chi connectivity index (χ2v) is 11.1. The minimum atomic E-state index is -4.68. The third kappa shape index (κ3) is 7.57. The van der Waals surface area contributed by atoms with Crippen molar-refractivity contribution in [2.75, 3.05) is 40.5 Å². The molecule has 13 heteroatoms. The van der Waals surface area contributed by atoms with E-state index < -0.39 is 29.9 Å². The van der Waals surface area contributed by atoms with Gasteiger partial charge in [0.05, 0.1) is 38.0 Å². The van der Waals surface area contributed by atoms with Gasteiger partial charge in [0.2, 0.25) is 0 Å². The molecule has 1 aromatic heterocycles. The molecule has 1 aliphatic carbocycles. The Labute approximate surface area is 240 Å². The molecule has 2 fully saturated rings. The van der Waals surface area contributed by atoms with Crippen LogP contribution < -0.4 is 10.6 Å². The Kier molecular flexibility index (Phi) is 9.92. The monoisotopic (exact) mass is 597 g/mol. The average molecular weight is 598 g/mol. The first-order valence-electron chi connectivity index (χ1n) is 13.4. The number of benzene rings is 1. The normalized spacial score (nSPS) is 18.0.